The fraction of sp³-hybridized carbons (Fsp3) is 0.538. The van der Waals surface area contributed by atoms with Crippen molar-refractivity contribution in [3.05, 3.63) is 33.9 Å². The van der Waals surface area contributed by atoms with E-state index in [4.69, 9.17) is 4.74 Å². The number of hydrogen-bond acceptors (Lipinski definition) is 6. The Bertz CT molecular complexity index is 625. The summed E-state index contributed by atoms with van der Waals surface area (Å²) >= 11 is 0. The van der Waals surface area contributed by atoms with Gasteiger partial charge in [0.05, 0.1) is 10.7 Å². The van der Waals surface area contributed by atoms with Gasteiger partial charge < -0.3 is 10.1 Å². The Morgan fingerprint density at radius 2 is 2.14 bits per heavy atom. The Morgan fingerprint density at radius 3 is 2.71 bits per heavy atom. The number of sulfone groups is 1. The zero-order chi connectivity index (χ0) is 15.5. The van der Waals surface area contributed by atoms with Crippen LogP contribution in [0.2, 0.25) is 0 Å². The summed E-state index contributed by atoms with van der Waals surface area (Å²) in [5, 5.41) is 14.1. The first-order valence-electron chi connectivity index (χ1n) is 6.66. The monoisotopic (exact) mass is 314 g/mol. The lowest BCUT2D eigenvalue weighted by Gasteiger charge is -2.11. The van der Waals surface area contributed by atoms with Gasteiger partial charge in [-0.1, -0.05) is 0 Å². The molecule has 7 nitrogen and oxygen atoms in total. The highest BCUT2D eigenvalue weighted by Crippen LogP contribution is 2.26. The third-order valence-corrected chi connectivity index (χ3v) is 4.03. The van der Waals surface area contributed by atoms with E-state index in [0.29, 0.717) is 23.9 Å². The Hall–Kier alpha value is -1.67. The van der Waals surface area contributed by atoms with Gasteiger partial charge in [0, 0.05) is 36.5 Å². The summed E-state index contributed by atoms with van der Waals surface area (Å²) in [6, 6.07) is 4.81. The number of rotatable bonds is 8. The first kappa shape index (κ1) is 15.7. The average molecular weight is 314 g/mol. The maximum absolute atomic E-state index is 11.1. The number of nitro groups is 1. The summed E-state index contributed by atoms with van der Waals surface area (Å²) in [5.41, 5.74) is 0.669. The molecule has 2 rings (SSSR count). The minimum absolute atomic E-state index is 0.00180. The molecule has 0 saturated heterocycles. The molecule has 21 heavy (non-hydrogen) atoms. The van der Waals surface area contributed by atoms with Gasteiger partial charge in [0.25, 0.3) is 5.69 Å². The molecule has 0 bridgehead atoms. The lowest BCUT2D eigenvalue weighted by molar-refractivity contribution is -0.384. The van der Waals surface area contributed by atoms with Crippen LogP contribution in [0.4, 0.5) is 5.69 Å². The second kappa shape index (κ2) is 6.40. The van der Waals surface area contributed by atoms with Crippen molar-refractivity contribution in [3.8, 4) is 5.75 Å². The van der Waals surface area contributed by atoms with Crippen LogP contribution < -0.4 is 10.1 Å². The second-order valence-corrected chi connectivity index (χ2v) is 7.44. The van der Waals surface area contributed by atoms with E-state index in [1.165, 1.54) is 18.2 Å². The van der Waals surface area contributed by atoms with Gasteiger partial charge in [-0.05, 0) is 18.9 Å². The number of nitrogens with one attached hydrogen (secondary N) is 1. The molecule has 1 aromatic carbocycles. The van der Waals surface area contributed by atoms with Crippen molar-refractivity contribution >= 4 is 15.5 Å². The van der Waals surface area contributed by atoms with Crippen LogP contribution in [0.25, 0.3) is 0 Å². The van der Waals surface area contributed by atoms with E-state index in [0.717, 1.165) is 19.1 Å². The van der Waals surface area contributed by atoms with Crippen LogP contribution in [-0.4, -0.2) is 38.0 Å². The van der Waals surface area contributed by atoms with Gasteiger partial charge in [-0.2, -0.15) is 0 Å². The number of ether oxygens (including phenoxy) is 1. The maximum Gasteiger partial charge on any atom is 0.270 e. The summed E-state index contributed by atoms with van der Waals surface area (Å²) in [7, 11) is -3.09. The molecule has 1 aliphatic rings. The van der Waals surface area contributed by atoms with Crippen molar-refractivity contribution in [2.45, 2.75) is 25.4 Å². The fourth-order valence-electron chi connectivity index (χ4n) is 1.80. The molecule has 0 spiro atoms. The van der Waals surface area contributed by atoms with Crippen molar-refractivity contribution in [2.24, 2.45) is 0 Å². The number of nitro benzene ring substituents is 1. The van der Waals surface area contributed by atoms with Crippen molar-refractivity contribution < 1.29 is 18.1 Å². The Morgan fingerprint density at radius 1 is 1.43 bits per heavy atom. The van der Waals surface area contributed by atoms with E-state index in [9.17, 15) is 18.5 Å². The molecule has 0 heterocycles. The molecule has 0 aliphatic heterocycles. The van der Waals surface area contributed by atoms with Crippen LogP contribution in [0.15, 0.2) is 18.2 Å². The summed E-state index contributed by atoms with van der Waals surface area (Å²) in [6.07, 6.45) is 3.36. The van der Waals surface area contributed by atoms with Crippen LogP contribution in [0.3, 0.4) is 0 Å². The van der Waals surface area contributed by atoms with E-state index in [-0.39, 0.29) is 18.0 Å². The summed E-state index contributed by atoms with van der Waals surface area (Å²) in [5.74, 6) is 0.400. The van der Waals surface area contributed by atoms with Gasteiger partial charge >= 0.3 is 0 Å². The fourth-order valence-corrected chi connectivity index (χ4v) is 2.19. The van der Waals surface area contributed by atoms with Crippen LogP contribution in [0, 0.1) is 10.1 Å². The molecule has 8 heteroatoms. The molecule has 0 radical (unpaired) electrons. The zero-order valence-electron chi connectivity index (χ0n) is 11.7. The lowest BCUT2D eigenvalue weighted by atomic mass is 10.1. The normalized spacial score (nSPS) is 14.9. The second-order valence-electron chi connectivity index (χ2n) is 5.18. The first-order chi connectivity index (χ1) is 9.85. The molecular weight excluding hydrogens is 296 g/mol. The van der Waals surface area contributed by atoms with Gasteiger partial charge in [-0.25, -0.2) is 8.42 Å². The van der Waals surface area contributed by atoms with E-state index in [2.05, 4.69) is 5.32 Å². The van der Waals surface area contributed by atoms with E-state index >= 15 is 0 Å². The van der Waals surface area contributed by atoms with Crippen LogP contribution in [-0.2, 0) is 16.4 Å². The summed E-state index contributed by atoms with van der Waals surface area (Å²) in [6.45, 7) is 0.508. The highest BCUT2D eigenvalue weighted by molar-refractivity contribution is 7.90. The predicted molar refractivity (Wildman–Crippen MR) is 78.2 cm³/mol. The summed E-state index contributed by atoms with van der Waals surface area (Å²) < 4.78 is 27.6. The Labute approximate surface area is 123 Å². The van der Waals surface area contributed by atoms with Crippen molar-refractivity contribution in [1.82, 2.24) is 5.32 Å². The van der Waals surface area contributed by atoms with Gasteiger partial charge in [0.1, 0.15) is 12.4 Å². The van der Waals surface area contributed by atoms with Crippen LogP contribution in [0.5, 0.6) is 5.75 Å². The largest absolute Gasteiger partial charge is 0.492 e. The van der Waals surface area contributed by atoms with E-state index in [1.54, 1.807) is 0 Å². The third-order valence-electron chi connectivity index (χ3n) is 3.13. The molecule has 0 atom stereocenters. The van der Waals surface area contributed by atoms with Crippen LogP contribution >= 0.6 is 0 Å². The Kier molecular flexibility index (Phi) is 4.79. The topological polar surface area (TPSA) is 98.5 Å². The lowest BCUT2D eigenvalue weighted by Crippen LogP contribution is -2.17. The predicted octanol–water partition coefficient (Wildman–Crippen LogP) is 1.27. The standard InChI is InChI=1S/C13H18N2O5S/c1-21(18,19)7-6-20-13-5-4-12(15(16)17)8-10(13)9-14-11-2-3-11/h4-5,8,11,14H,2-3,6-7,9H2,1H3. The van der Waals surface area contributed by atoms with Gasteiger partial charge in [-0.3, -0.25) is 10.1 Å². The highest BCUT2D eigenvalue weighted by atomic mass is 32.2. The molecule has 1 aliphatic carbocycles. The maximum atomic E-state index is 11.1. The van der Waals surface area contributed by atoms with Crippen LogP contribution in [0.1, 0.15) is 18.4 Å². The minimum Gasteiger partial charge on any atom is -0.492 e. The highest BCUT2D eigenvalue weighted by Gasteiger charge is 2.21. The quantitative estimate of drug-likeness (QED) is 0.573. The van der Waals surface area contributed by atoms with Gasteiger partial charge in [0.15, 0.2) is 9.84 Å². The molecule has 116 valence electrons. The van der Waals surface area contributed by atoms with Gasteiger partial charge in [-0.15, -0.1) is 0 Å². The summed E-state index contributed by atoms with van der Waals surface area (Å²) in [4.78, 5) is 10.4. The number of nitrogens with zero attached hydrogens (tertiary/aromatic N) is 1. The SMILES string of the molecule is CS(=O)(=O)CCOc1ccc([N+](=O)[O-])cc1CNC1CC1. The molecule has 1 saturated carbocycles. The van der Waals surface area contributed by atoms with Crippen molar-refractivity contribution in [3.63, 3.8) is 0 Å². The van der Waals surface area contributed by atoms with Gasteiger partial charge in [0.2, 0.25) is 0 Å². The number of hydrogen-bond donors (Lipinski definition) is 1. The third kappa shape index (κ3) is 5.31. The smallest absolute Gasteiger partial charge is 0.270 e. The Balaban J connectivity index is 2.07. The molecule has 1 fully saturated rings. The van der Waals surface area contributed by atoms with E-state index in [1.807, 2.05) is 0 Å². The first-order valence-corrected chi connectivity index (χ1v) is 8.72. The molecule has 0 aromatic heterocycles. The molecule has 1 aromatic rings. The van der Waals surface area contributed by atoms with Crippen molar-refractivity contribution in [1.29, 1.82) is 0 Å². The molecule has 1 N–H and O–H groups in total. The van der Waals surface area contributed by atoms with E-state index < -0.39 is 14.8 Å². The zero-order valence-corrected chi connectivity index (χ0v) is 12.6. The molecule has 0 amide bonds. The molecule has 0 unspecified atom stereocenters. The van der Waals surface area contributed by atoms with Crippen molar-refractivity contribution in [2.75, 3.05) is 18.6 Å². The minimum atomic E-state index is -3.09. The average Bonchev–Trinajstić information content (AvgIpc) is 3.19. The molecular formula is C13H18N2O5S. The number of non-ortho nitro benzene ring substituents is 1. The number of benzene rings is 1.